The molecule has 2 bridgehead atoms. The Balaban J connectivity index is 1.37. The van der Waals surface area contributed by atoms with Crippen molar-refractivity contribution in [3.8, 4) is 0 Å². The molecule has 0 aromatic heterocycles. The van der Waals surface area contributed by atoms with Gasteiger partial charge in [-0.05, 0) is 94.0 Å². The van der Waals surface area contributed by atoms with Crippen LogP contribution in [0, 0.1) is 29.1 Å². The maximum atomic E-state index is 15.2. The average Bonchev–Trinajstić information content (AvgIpc) is 2.68. The fourth-order valence-electron chi connectivity index (χ4n) is 6.74. The second-order valence-electron chi connectivity index (χ2n) is 9.90. The van der Waals surface area contributed by atoms with Crippen LogP contribution in [0.3, 0.4) is 0 Å². The van der Waals surface area contributed by atoms with Crippen molar-refractivity contribution < 1.29 is 13.9 Å². The van der Waals surface area contributed by atoms with Gasteiger partial charge in [0.05, 0.1) is 5.60 Å². The van der Waals surface area contributed by atoms with E-state index in [1.165, 1.54) is 51.4 Å². The first-order valence-corrected chi connectivity index (χ1v) is 11.1. The van der Waals surface area contributed by atoms with Crippen molar-refractivity contribution in [2.45, 2.75) is 89.6 Å². The van der Waals surface area contributed by atoms with Crippen molar-refractivity contribution in [3.63, 3.8) is 0 Å². The minimum atomic E-state index is -0.391. The molecule has 0 aromatic rings. The number of halogens is 1. The molecular weight excluding hydrogens is 327 g/mol. The summed E-state index contributed by atoms with van der Waals surface area (Å²) in [6, 6.07) is 0. The molecule has 0 saturated heterocycles. The monoisotopic (exact) mass is 364 g/mol. The van der Waals surface area contributed by atoms with E-state index in [9.17, 15) is 0 Å². The van der Waals surface area contributed by atoms with Crippen molar-refractivity contribution in [1.82, 2.24) is 0 Å². The average molecular weight is 365 g/mol. The molecule has 5 rings (SSSR count). The Hall–Kier alpha value is -0.410. The summed E-state index contributed by atoms with van der Waals surface area (Å²) in [5.41, 5.74) is -0.554. The van der Waals surface area contributed by atoms with Crippen LogP contribution in [0.5, 0.6) is 0 Å². The number of methoxy groups -OCH3 is 1. The number of allylic oxidation sites excluding steroid dienone is 1. The smallest absolute Gasteiger partial charge is 0.147 e. The summed E-state index contributed by atoms with van der Waals surface area (Å²) < 4.78 is 26.2. The molecule has 3 saturated carbocycles. The lowest BCUT2D eigenvalue weighted by Crippen LogP contribution is -2.49. The Morgan fingerprint density at radius 3 is 2.04 bits per heavy atom. The normalized spacial score (nSPS) is 46.2. The first kappa shape index (κ1) is 18.9. The molecule has 0 unspecified atom stereocenters. The summed E-state index contributed by atoms with van der Waals surface area (Å²) in [6.07, 6.45) is 16.6. The van der Waals surface area contributed by atoms with Gasteiger partial charge in [-0.15, -0.1) is 0 Å². The van der Waals surface area contributed by atoms with Crippen LogP contribution in [0.15, 0.2) is 11.9 Å². The SMILES string of the molecule is COCOC12C=C(F)C(C3CCC(C4CCC(C)CC4)CC3)(CC1)CC2. The minimum absolute atomic E-state index is 0.140. The molecule has 0 amide bonds. The van der Waals surface area contributed by atoms with Gasteiger partial charge in [-0.1, -0.05) is 19.8 Å². The Kier molecular flexibility index (Phi) is 5.49. The van der Waals surface area contributed by atoms with E-state index in [4.69, 9.17) is 9.47 Å². The zero-order valence-electron chi connectivity index (χ0n) is 16.8. The summed E-state index contributed by atoms with van der Waals surface area (Å²) >= 11 is 0. The van der Waals surface area contributed by atoms with E-state index in [1.54, 1.807) is 7.11 Å². The highest BCUT2D eigenvalue weighted by Crippen LogP contribution is 2.60. The van der Waals surface area contributed by atoms with Gasteiger partial charge in [0, 0.05) is 12.5 Å². The van der Waals surface area contributed by atoms with E-state index >= 15 is 4.39 Å². The molecule has 148 valence electrons. The maximum Gasteiger partial charge on any atom is 0.147 e. The Bertz CT molecular complexity index is 504. The highest BCUT2D eigenvalue weighted by Gasteiger charge is 2.54. The number of fused-ring (bicyclic) bond motifs is 2. The van der Waals surface area contributed by atoms with Crippen LogP contribution < -0.4 is 0 Å². The summed E-state index contributed by atoms with van der Waals surface area (Å²) in [4.78, 5) is 0. The third-order valence-corrected chi connectivity index (χ3v) is 8.60. The lowest BCUT2D eigenvalue weighted by Gasteiger charge is -2.54. The molecule has 0 aliphatic heterocycles. The van der Waals surface area contributed by atoms with Crippen LogP contribution in [0.2, 0.25) is 0 Å². The number of ether oxygens (including phenoxy) is 2. The highest BCUT2D eigenvalue weighted by molar-refractivity contribution is 5.25. The summed E-state index contributed by atoms with van der Waals surface area (Å²) in [6.45, 7) is 2.67. The van der Waals surface area contributed by atoms with Gasteiger partial charge in [0.1, 0.15) is 12.6 Å². The topological polar surface area (TPSA) is 18.5 Å². The van der Waals surface area contributed by atoms with Crippen LogP contribution in [-0.2, 0) is 9.47 Å². The van der Waals surface area contributed by atoms with Gasteiger partial charge in [-0.25, -0.2) is 4.39 Å². The third-order valence-electron chi connectivity index (χ3n) is 8.60. The quantitative estimate of drug-likeness (QED) is 0.525. The minimum Gasteiger partial charge on any atom is -0.359 e. The lowest BCUT2D eigenvalue weighted by atomic mass is 9.53. The van der Waals surface area contributed by atoms with Crippen LogP contribution in [0.25, 0.3) is 0 Å². The summed E-state index contributed by atoms with van der Waals surface area (Å²) in [5, 5.41) is 0. The Morgan fingerprint density at radius 1 is 0.923 bits per heavy atom. The highest BCUT2D eigenvalue weighted by atomic mass is 19.1. The van der Waals surface area contributed by atoms with Gasteiger partial charge in [0.25, 0.3) is 0 Å². The standard InChI is InChI=1S/C23H37FO2/c1-17-3-5-18(6-4-17)19-7-9-20(10-8-19)23-13-11-22(12-14-23,15-21(23)24)26-16-25-2/h15,17-20H,3-14,16H2,1-2H3. The van der Waals surface area contributed by atoms with Crippen molar-refractivity contribution in [1.29, 1.82) is 0 Å². The largest absolute Gasteiger partial charge is 0.359 e. The molecule has 3 fully saturated rings. The number of hydrogen-bond donors (Lipinski definition) is 0. The predicted octanol–water partition coefficient (Wildman–Crippen LogP) is 6.41. The molecule has 5 aliphatic rings. The van der Waals surface area contributed by atoms with E-state index in [-0.39, 0.29) is 18.0 Å². The van der Waals surface area contributed by atoms with Crippen molar-refractivity contribution >= 4 is 0 Å². The van der Waals surface area contributed by atoms with Crippen LogP contribution in [0.1, 0.15) is 84.0 Å². The first-order chi connectivity index (χ1) is 12.6. The fraction of sp³-hybridized carbons (Fsp3) is 0.913. The van der Waals surface area contributed by atoms with Crippen molar-refractivity contribution in [2.24, 2.45) is 29.1 Å². The van der Waals surface area contributed by atoms with Gasteiger partial charge in [-0.3, -0.25) is 0 Å². The van der Waals surface area contributed by atoms with Crippen molar-refractivity contribution in [2.75, 3.05) is 13.9 Å². The predicted molar refractivity (Wildman–Crippen MR) is 102 cm³/mol. The molecule has 2 nitrogen and oxygen atoms in total. The zero-order chi connectivity index (χ0) is 18.2. The molecule has 0 aromatic carbocycles. The van der Waals surface area contributed by atoms with Gasteiger partial charge in [0.15, 0.2) is 0 Å². The van der Waals surface area contributed by atoms with Crippen LogP contribution in [-0.4, -0.2) is 19.5 Å². The third kappa shape index (κ3) is 3.39. The van der Waals surface area contributed by atoms with E-state index in [1.807, 2.05) is 6.08 Å². The molecule has 0 atom stereocenters. The molecular formula is C23H37FO2. The van der Waals surface area contributed by atoms with E-state index in [0.717, 1.165) is 43.4 Å². The van der Waals surface area contributed by atoms with Crippen LogP contribution in [0.4, 0.5) is 4.39 Å². The Morgan fingerprint density at radius 2 is 1.50 bits per heavy atom. The Labute approximate surface area is 158 Å². The maximum absolute atomic E-state index is 15.2. The number of rotatable bonds is 5. The van der Waals surface area contributed by atoms with Gasteiger partial charge in [0.2, 0.25) is 0 Å². The lowest BCUT2D eigenvalue weighted by molar-refractivity contribution is -0.148. The molecule has 5 aliphatic carbocycles. The summed E-state index contributed by atoms with van der Waals surface area (Å²) in [5.74, 6) is 3.50. The van der Waals surface area contributed by atoms with E-state index in [2.05, 4.69) is 6.92 Å². The fourth-order valence-corrected chi connectivity index (χ4v) is 6.74. The van der Waals surface area contributed by atoms with Gasteiger partial charge < -0.3 is 9.47 Å². The molecule has 3 heteroatoms. The van der Waals surface area contributed by atoms with Gasteiger partial charge in [-0.2, -0.15) is 0 Å². The molecule has 0 heterocycles. The van der Waals surface area contributed by atoms with Crippen LogP contribution >= 0.6 is 0 Å². The molecule has 0 N–H and O–H groups in total. The van der Waals surface area contributed by atoms with E-state index < -0.39 is 5.60 Å². The molecule has 26 heavy (non-hydrogen) atoms. The first-order valence-electron chi connectivity index (χ1n) is 11.1. The second-order valence-corrected chi connectivity index (χ2v) is 9.90. The zero-order valence-corrected chi connectivity index (χ0v) is 16.8. The van der Waals surface area contributed by atoms with Crippen molar-refractivity contribution in [3.05, 3.63) is 11.9 Å². The second kappa shape index (κ2) is 7.54. The molecule has 0 radical (unpaired) electrons. The van der Waals surface area contributed by atoms with E-state index in [0.29, 0.717) is 5.92 Å². The van der Waals surface area contributed by atoms with Gasteiger partial charge >= 0.3 is 0 Å². The molecule has 0 spiro atoms. The summed E-state index contributed by atoms with van der Waals surface area (Å²) in [7, 11) is 1.64. The number of hydrogen-bond acceptors (Lipinski definition) is 2.